The van der Waals surface area contributed by atoms with Gasteiger partial charge in [0.2, 0.25) is 5.95 Å². The number of benzene rings is 1. The lowest BCUT2D eigenvalue weighted by molar-refractivity contribution is 0.564. The highest BCUT2D eigenvalue weighted by Gasteiger charge is 2.15. The van der Waals surface area contributed by atoms with Crippen LogP contribution >= 0.6 is 0 Å². The summed E-state index contributed by atoms with van der Waals surface area (Å²) in [5, 5.41) is 9.33. The van der Waals surface area contributed by atoms with Crippen LogP contribution in [0.1, 0.15) is 5.69 Å². The molecule has 0 aliphatic rings. The van der Waals surface area contributed by atoms with E-state index in [4.69, 9.17) is 0 Å². The first-order chi connectivity index (χ1) is 11.2. The first-order valence-corrected chi connectivity index (χ1v) is 7.12. The van der Waals surface area contributed by atoms with Crippen LogP contribution in [0.4, 0.5) is 4.39 Å². The van der Waals surface area contributed by atoms with Crippen molar-refractivity contribution >= 4 is 10.9 Å². The predicted octanol–water partition coefficient (Wildman–Crippen LogP) is 3.33. The number of halogens is 1. The standard InChI is InChI=1S/C17H12FN5/c1-11-16(13-7-6-12-4-2-8-19-14(12)10-13)21-22-23(11)15-5-3-9-20-17(15)18/h2-10H,1H3/i18-1. The second-order valence-corrected chi connectivity index (χ2v) is 5.16. The van der Waals surface area contributed by atoms with Crippen molar-refractivity contribution in [3.05, 3.63) is 66.5 Å². The van der Waals surface area contributed by atoms with Crippen molar-refractivity contribution in [3.63, 3.8) is 0 Å². The van der Waals surface area contributed by atoms with Crippen LogP contribution in [0.25, 0.3) is 27.8 Å². The van der Waals surface area contributed by atoms with Crippen molar-refractivity contribution in [1.29, 1.82) is 0 Å². The summed E-state index contributed by atoms with van der Waals surface area (Å²) < 4.78 is 15.3. The molecular formula is C17H12FN5. The number of hydrogen-bond donors (Lipinski definition) is 0. The summed E-state index contributed by atoms with van der Waals surface area (Å²) in [6.45, 7) is 1.85. The normalized spacial score (nSPS) is 11.0. The molecule has 1 aromatic carbocycles. The summed E-state index contributed by atoms with van der Waals surface area (Å²) in [5.41, 5.74) is 3.49. The molecule has 0 aliphatic heterocycles. The van der Waals surface area contributed by atoms with Gasteiger partial charge in [-0.2, -0.15) is 4.39 Å². The fraction of sp³-hybridized carbons (Fsp3) is 0.0588. The van der Waals surface area contributed by atoms with Gasteiger partial charge in [0.25, 0.3) is 0 Å². The van der Waals surface area contributed by atoms with Gasteiger partial charge in [0.15, 0.2) is 0 Å². The zero-order valence-electron chi connectivity index (χ0n) is 12.3. The average molecular weight is 304 g/mol. The minimum absolute atomic E-state index is 0.280. The third kappa shape index (κ3) is 2.24. The van der Waals surface area contributed by atoms with Crippen LogP contribution in [0.3, 0.4) is 0 Å². The Labute approximate surface area is 131 Å². The zero-order chi connectivity index (χ0) is 15.8. The number of nitrogens with zero attached hydrogens (tertiary/aromatic N) is 5. The lowest BCUT2D eigenvalue weighted by Crippen LogP contribution is -2.03. The van der Waals surface area contributed by atoms with E-state index in [0.717, 1.165) is 22.2 Å². The van der Waals surface area contributed by atoms with Crippen molar-refractivity contribution in [2.24, 2.45) is 0 Å². The third-order valence-corrected chi connectivity index (χ3v) is 3.74. The third-order valence-electron chi connectivity index (χ3n) is 3.74. The number of fused-ring (bicyclic) bond motifs is 1. The van der Waals surface area contributed by atoms with Crippen LogP contribution < -0.4 is 0 Å². The number of aromatic nitrogens is 5. The first-order valence-electron chi connectivity index (χ1n) is 7.12. The molecule has 0 N–H and O–H groups in total. The van der Waals surface area contributed by atoms with E-state index < -0.39 is 5.95 Å². The van der Waals surface area contributed by atoms with E-state index in [1.807, 2.05) is 37.3 Å². The van der Waals surface area contributed by atoms with Gasteiger partial charge < -0.3 is 0 Å². The van der Waals surface area contributed by atoms with Gasteiger partial charge in [0, 0.05) is 23.3 Å². The molecule has 0 spiro atoms. The SMILES string of the molecule is Cc1c(-c2ccc3cccnc3c2)nnn1-c1cccnc1[18F]. The molecule has 0 fully saturated rings. The molecule has 3 heterocycles. The lowest BCUT2D eigenvalue weighted by Gasteiger charge is -2.05. The minimum atomic E-state index is -0.577. The summed E-state index contributed by atoms with van der Waals surface area (Å²) in [5.74, 6) is -0.577. The molecule has 0 bridgehead atoms. The van der Waals surface area contributed by atoms with Gasteiger partial charge >= 0.3 is 0 Å². The van der Waals surface area contributed by atoms with E-state index >= 15 is 0 Å². The summed E-state index contributed by atoms with van der Waals surface area (Å²) in [6, 6.07) is 13.1. The van der Waals surface area contributed by atoms with E-state index in [1.165, 1.54) is 10.9 Å². The first kappa shape index (κ1) is 13.5. The van der Waals surface area contributed by atoms with Crippen molar-refractivity contribution < 1.29 is 4.39 Å². The van der Waals surface area contributed by atoms with Gasteiger partial charge in [0.05, 0.1) is 11.2 Å². The number of rotatable bonds is 2. The molecule has 0 amide bonds. The van der Waals surface area contributed by atoms with Crippen LogP contribution in [-0.4, -0.2) is 25.0 Å². The van der Waals surface area contributed by atoms with Crippen molar-refractivity contribution in [1.82, 2.24) is 25.0 Å². The quantitative estimate of drug-likeness (QED) is 0.533. The average Bonchev–Trinajstić information content (AvgIpc) is 2.96. The second-order valence-electron chi connectivity index (χ2n) is 5.16. The number of hydrogen-bond acceptors (Lipinski definition) is 4. The molecule has 0 unspecified atom stereocenters. The molecule has 3 aromatic heterocycles. The van der Waals surface area contributed by atoms with Gasteiger partial charge in [-0.1, -0.05) is 23.4 Å². The largest absolute Gasteiger partial charge is 0.256 e. The molecule has 4 aromatic rings. The maximum atomic E-state index is 13.9. The Hall–Kier alpha value is -3.15. The number of pyridine rings is 2. The molecule has 23 heavy (non-hydrogen) atoms. The van der Waals surface area contributed by atoms with E-state index in [0.29, 0.717) is 5.69 Å². The molecule has 0 radical (unpaired) electrons. The highest BCUT2D eigenvalue weighted by Crippen LogP contribution is 2.25. The van der Waals surface area contributed by atoms with Gasteiger partial charge in [0.1, 0.15) is 11.4 Å². The molecule has 0 atom stereocenters. The Morgan fingerprint density at radius 2 is 1.83 bits per heavy atom. The van der Waals surface area contributed by atoms with Crippen LogP contribution in [0, 0.1) is 12.9 Å². The lowest BCUT2D eigenvalue weighted by atomic mass is 10.1. The molecular weight excluding hydrogens is 292 g/mol. The van der Waals surface area contributed by atoms with Crippen LogP contribution in [0.2, 0.25) is 0 Å². The molecule has 112 valence electrons. The summed E-state index contributed by atoms with van der Waals surface area (Å²) >= 11 is 0. The fourth-order valence-electron chi connectivity index (χ4n) is 2.57. The topological polar surface area (TPSA) is 56.5 Å². The van der Waals surface area contributed by atoms with Crippen molar-refractivity contribution in [2.75, 3.05) is 0 Å². The summed E-state index contributed by atoms with van der Waals surface area (Å²) in [4.78, 5) is 8.01. The smallest absolute Gasteiger partial charge is 0.238 e. The molecule has 4 rings (SSSR count). The van der Waals surface area contributed by atoms with E-state index in [1.54, 1.807) is 18.3 Å². The maximum absolute atomic E-state index is 13.9. The molecule has 0 aliphatic carbocycles. The second kappa shape index (κ2) is 5.24. The maximum Gasteiger partial charge on any atom is 0.238 e. The molecule has 5 nitrogen and oxygen atoms in total. The van der Waals surface area contributed by atoms with Gasteiger partial charge in [-0.25, -0.2) is 9.67 Å². The van der Waals surface area contributed by atoms with Crippen molar-refractivity contribution in [2.45, 2.75) is 6.92 Å². The zero-order valence-corrected chi connectivity index (χ0v) is 12.3. The Bertz CT molecular complexity index is 1010. The van der Waals surface area contributed by atoms with Gasteiger partial charge in [-0.3, -0.25) is 4.98 Å². The van der Waals surface area contributed by atoms with Crippen LogP contribution in [0.5, 0.6) is 0 Å². The summed E-state index contributed by atoms with van der Waals surface area (Å²) in [6.07, 6.45) is 3.15. The van der Waals surface area contributed by atoms with Gasteiger partial charge in [-0.15, -0.1) is 5.10 Å². The predicted molar refractivity (Wildman–Crippen MR) is 84.6 cm³/mol. The molecule has 0 saturated heterocycles. The molecule has 6 heteroatoms. The summed E-state index contributed by atoms with van der Waals surface area (Å²) in [7, 11) is 0. The minimum Gasteiger partial charge on any atom is -0.256 e. The highest BCUT2D eigenvalue weighted by atomic mass is 18.2. The monoisotopic (exact) mass is 304 g/mol. The van der Waals surface area contributed by atoms with Gasteiger partial charge in [-0.05, 0) is 31.2 Å². The van der Waals surface area contributed by atoms with E-state index in [-0.39, 0.29) is 5.69 Å². The van der Waals surface area contributed by atoms with E-state index in [2.05, 4.69) is 20.3 Å². The Kier molecular flexibility index (Phi) is 3.08. The molecule has 0 saturated carbocycles. The Morgan fingerprint density at radius 1 is 1.00 bits per heavy atom. The fourth-order valence-corrected chi connectivity index (χ4v) is 2.57. The van der Waals surface area contributed by atoms with Crippen LogP contribution in [0.15, 0.2) is 54.9 Å². The Balaban J connectivity index is 1.85. The Morgan fingerprint density at radius 3 is 2.70 bits per heavy atom. The van der Waals surface area contributed by atoms with Crippen LogP contribution in [-0.2, 0) is 0 Å². The highest BCUT2D eigenvalue weighted by molar-refractivity contribution is 5.83. The van der Waals surface area contributed by atoms with E-state index in [9.17, 15) is 4.39 Å². The van der Waals surface area contributed by atoms with Crippen molar-refractivity contribution in [3.8, 4) is 16.9 Å².